The van der Waals surface area contributed by atoms with Gasteiger partial charge in [0.1, 0.15) is 5.65 Å². The number of aryl methyl sites for hydroxylation is 3. The lowest BCUT2D eigenvalue weighted by molar-refractivity contribution is 0.103. The molecule has 0 aliphatic heterocycles. The molecule has 35 heavy (non-hydrogen) atoms. The van der Waals surface area contributed by atoms with E-state index >= 15 is 0 Å². The average molecular weight is 503 g/mol. The first-order valence-electron chi connectivity index (χ1n) is 10.4. The molecule has 0 bridgehead atoms. The van der Waals surface area contributed by atoms with Crippen LogP contribution in [0.25, 0.3) is 11.0 Å². The van der Waals surface area contributed by atoms with Crippen molar-refractivity contribution in [2.75, 3.05) is 11.0 Å². The number of rotatable bonds is 4. The molecule has 188 valence electrons. The summed E-state index contributed by atoms with van der Waals surface area (Å²) in [5, 5.41) is 10.8. The topological polar surface area (TPSA) is 131 Å². The molecule has 9 nitrogen and oxygen atoms in total. The number of pyridine rings is 1. The number of carbonyl (C=O) groups excluding carboxylic acids is 1. The smallest absolute Gasteiger partial charge is 0.229 e. The van der Waals surface area contributed by atoms with Crippen molar-refractivity contribution >= 4 is 32.5 Å². The van der Waals surface area contributed by atoms with E-state index < -0.39 is 21.6 Å². The number of nitrogens with zero attached hydrogens (tertiary/aromatic N) is 4. The molecule has 11 heteroatoms. The Bertz CT molecular complexity index is 1360. The Labute approximate surface area is 205 Å². The van der Waals surface area contributed by atoms with Crippen molar-refractivity contribution < 1.29 is 17.6 Å². The number of fused-ring (bicyclic) bond motifs is 1. The van der Waals surface area contributed by atoms with E-state index in [9.17, 15) is 17.6 Å². The molecular formula is C24H31FN6O3S. The van der Waals surface area contributed by atoms with E-state index in [0.29, 0.717) is 22.2 Å². The number of nitrogens with one attached hydrogen (secondary N) is 2. The van der Waals surface area contributed by atoms with Crippen LogP contribution in [0.15, 0.2) is 43.0 Å². The molecule has 0 unspecified atom stereocenters. The molecule has 0 saturated carbocycles. The van der Waals surface area contributed by atoms with Crippen LogP contribution in [0.4, 0.5) is 10.1 Å². The maximum atomic E-state index is 14.9. The van der Waals surface area contributed by atoms with Crippen molar-refractivity contribution in [1.29, 1.82) is 0 Å². The number of hydrogen-bond donors (Lipinski definition) is 2. The van der Waals surface area contributed by atoms with E-state index in [1.54, 1.807) is 31.6 Å². The quantitative estimate of drug-likeness (QED) is 0.385. The van der Waals surface area contributed by atoms with Gasteiger partial charge in [-0.05, 0) is 54.8 Å². The first kappa shape index (κ1) is 29.3. The minimum absolute atomic E-state index is 0. The normalized spacial score (nSPS) is 10.3. The molecule has 0 radical (unpaired) electrons. The molecule has 0 fully saturated rings. The van der Waals surface area contributed by atoms with Crippen LogP contribution in [0.5, 0.6) is 0 Å². The average Bonchev–Trinajstić information content (AvgIpc) is 3.25. The number of H-pyrrole nitrogens is 1. The highest BCUT2D eigenvalue weighted by atomic mass is 32.2. The second-order valence-electron chi connectivity index (χ2n) is 7.13. The minimum atomic E-state index is -3.67. The van der Waals surface area contributed by atoms with Crippen molar-refractivity contribution in [3.8, 4) is 0 Å². The first-order valence-corrected chi connectivity index (χ1v) is 12.3. The number of aromatic amines is 1. The Morgan fingerprint density at radius 2 is 1.69 bits per heavy atom. The van der Waals surface area contributed by atoms with Crippen molar-refractivity contribution in [2.24, 2.45) is 0 Å². The molecule has 0 aliphatic rings. The molecule has 4 aromatic rings. The van der Waals surface area contributed by atoms with Crippen LogP contribution < -0.4 is 4.72 Å². The highest BCUT2D eigenvalue weighted by Gasteiger charge is 2.24. The van der Waals surface area contributed by atoms with Gasteiger partial charge in [0.25, 0.3) is 0 Å². The van der Waals surface area contributed by atoms with Crippen LogP contribution in [0.3, 0.4) is 0 Å². The third-order valence-corrected chi connectivity index (χ3v) is 5.33. The Kier molecular flexibility index (Phi) is 10.6. The highest BCUT2D eigenvalue weighted by molar-refractivity contribution is 7.92. The molecule has 0 saturated heterocycles. The SMILES string of the molecule is C.CC.Cc1ccc(NS(C)(=O)=O)c(F)c1C(=O)c1c[nH]c2ncc(C)c(C)c12.c1cnnnc1. The van der Waals surface area contributed by atoms with Gasteiger partial charge >= 0.3 is 0 Å². The summed E-state index contributed by atoms with van der Waals surface area (Å²) in [6.45, 7) is 9.35. The fourth-order valence-electron chi connectivity index (χ4n) is 3.10. The molecule has 0 spiro atoms. The molecule has 0 atom stereocenters. The van der Waals surface area contributed by atoms with Gasteiger partial charge in [-0.25, -0.2) is 17.8 Å². The van der Waals surface area contributed by atoms with Gasteiger partial charge in [0.2, 0.25) is 10.0 Å². The maximum absolute atomic E-state index is 14.9. The third kappa shape index (κ3) is 7.12. The maximum Gasteiger partial charge on any atom is 0.229 e. The fourth-order valence-corrected chi connectivity index (χ4v) is 3.65. The Hall–Kier alpha value is -3.73. The number of hydrogen-bond acceptors (Lipinski definition) is 7. The monoisotopic (exact) mass is 502 g/mol. The molecule has 3 aromatic heterocycles. The second kappa shape index (κ2) is 12.7. The molecular weight excluding hydrogens is 471 g/mol. The van der Waals surface area contributed by atoms with Gasteiger partial charge in [0, 0.05) is 23.3 Å². The van der Waals surface area contributed by atoms with Gasteiger partial charge in [0.15, 0.2) is 11.6 Å². The lowest BCUT2D eigenvalue weighted by Crippen LogP contribution is -2.14. The zero-order chi connectivity index (χ0) is 25.5. The van der Waals surface area contributed by atoms with Gasteiger partial charge in [0.05, 0.1) is 29.9 Å². The molecule has 4 rings (SSSR count). The van der Waals surface area contributed by atoms with Gasteiger partial charge in [-0.3, -0.25) is 9.52 Å². The largest absolute Gasteiger partial charge is 0.345 e. The second-order valence-corrected chi connectivity index (χ2v) is 8.87. The zero-order valence-corrected chi connectivity index (χ0v) is 20.7. The van der Waals surface area contributed by atoms with Gasteiger partial charge in [-0.15, -0.1) is 10.2 Å². The summed E-state index contributed by atoms with van der Waals surface area (Å²) in [7, 11) is -3.67. The van der Waals surface area contributed by atoms with Crippen molar-refractivity contribution in [2.45, 2.75) is 42.0 Å². The predicted octanol–water partition coefficient (Wildman–Crippen LogP) is 4.76. The summed E-state index contributed by atoms with van der Waals surface area (Å²) in [4.78, 5) is 20.3. The fraction of sp³-hybridized carbons (Fsp3) is 0.292. The summed E-state index contributed by atoms with van der Waals surface area (Å²) in [6, 6.07) is 4.52. The lowest BCUT2D eigenvalue weighted by atomic mass is 9.96. The van der Waals surface area contributed by atoms with Gasteiger partial charge < -0.3 is 4.98 Å². The molecule has 2 N–H and O–H groups in total. The number of anilines is 1. The Balaban J connectivity index is 0.000000586. The minimum Gasteiger partial charge on any atom is -0.345 e. The predicted molar refractivity (Wildman–Crippen MR) is 137 cm³/mol. The zero-order valence-electron chi connectivity index (χ0n) is 19.8. The van der Waals surface area contributed by atoms with E-state index in [-0.39, 0.29) is 18.7 Å². The number of aromatic nitrogens is 5. The van der Waals surface area contributed by atoms with Crippen LogP contribution in [-0.4, -0.2) is 45.8 Å². The van der Waals surface area contributed by atoms with Crippen molar-refractivity contribution in [3.63, 3.8) is 0 Å². The molecule has 0 aliphatic carbocycles. The third-order valence-electron chi connectivity index (χ3n) is 4.74. The van der Waals surface area contributed by atoms with Crippen molar-refractivity contribution in [3.05, 3.63) is 76.6 Å². The van der Waals surface area contributed by atoms with E-state index in [2.05, 4.69) is 30.1 Å². The highest BCUT2D eigenvalue weighted by Crippen LogP contribution is 2.29. The molecule has 3 heterocycles. The van der Waals surface area contributed by atoms with Crippen LogP contribution in [0, 0.1) is 26.6 Å². The standard InChI is InChI=1S/C18H18FN3O3S.C3H3N3.C2H6.CH4/c1-9-5-6-13(22-26(4,24)25)16(19)14(9)17(23)12-8-21-18-15(12)11(3)10(2)7-20-18;1-2-4-6-5-3-1;1-2;/h5-8,22H,1-4H3,(H,20,21);1-3H;1-2H3;1H4. The summed E-state index contributed by atoms with van der Waals surface area (Å²) < 4.78 is 39.9. The van der Waals surface area contributed by atoms with E-state index in [1.807, 2.05) is 27.7 Å². The Morgan fingerprint density at radius 3 is 2.20 bits per heavy atom. The molecule has 1 aromatic carbocycles. The number of sulfonamides is 1. The number of benzene rings is 1. The number of halogens is 1. The van der Waals surface area contributed by atoms with Gasteiger partial charge in [-0.1, -0.05) is 27.3 Å². The van der Waals surface area contributed by atoms with Crippen LogP contribution in [-0.2, 0) is 10.0 Å². The van der Waals surface area contributed by atoms with Gasteiger partial charge in [-0.2, -0.15) is 0 Å². The van der Waals surface area contributed by atoms with Crippen LogP contribution >= 0.6 is 0 Å². The number of ketones is 1. The van der Waals surface area contributed by atoms with Crippen LogP contribution in [0.2, 0.25) is 0 Å². The summed E-state index contributed by atoms with van der Waals surface area (Å²) in [6.07, 6.45) is 7.28. The summed E-state index contributed by atoms with van der Waals surface area (Å²) >= 11 is 0. The first-order chi connectivity index (χ1) is 16.1. The summed E-state index contributed by atoms with van der Waals surface area (Å²) in [5.41, 5.74) is 2.62. The van der Waals surface area contributed by atoms with E-state index in [4.69, 9.17) is 0 Å². The lowest BCUT2D eigenvalue weighted by Gasteiger charge is -2.12. The van der Waals surface area contributed by atoms with Crippen LogP contribution in [0.1, 0.15) is 53.9 Å². The Morgan fingerprint density at radius 1 is 1.06 bits per heavy atom. The summed E-state index contributed by atoms with van der Waals surface area (Å²) in [5.74, 6) is -1.42. The molecule has 0 amide bonds. The van der Waals surface area contributed by atoms with E-state index in [0.717, 1.165) is 17.4 Å². The number of carbonyl (C=O) groups is 1. The van der Waals surface area contributed by atoms with E-state index in [1.165, 1.54) is 18.3 Å². The van der Waals surface area contributed by atoms with Crippen molar-refractivity contribution in [1.82, 2.24) is 25.4 Å².